The van der Waals surface area contributed by atoms with Gasteiger partial charge in [0.1, 0.15) is 11.4 Å². The van der Waals surface area contributed by atoms with Gasteiger partial charge in [-0.3, -0.25) is 9.59 Å². The molecule has 2 aromatic carbocycles. The van der Waals surface area contributed by atoms with Crippen LogP contribution in [0.3, 0.4) is 0 Å². The van der Waals surface area contributed by atoms with Gasteiger partial charge in [0.25, 0.3) is 11.5 Å². The van der Waals surface area contributed by atoms with E-state index in [0.29, 0.717) is 35.5 Å². The van der Waals surface area contributed by atoms with E-state index >= 15 is 0 Å². The molecule has 0 aliphatic carbocycles. The van der Waals surface area contributed by atoms with Crippen LogP contribution in [0, 0.1) is 0 Å². The molecule has 1 N–H and O–H groups in total. The minimum atomic E-state index is -0.267. The highest BCUT2D eigenvalue weighted by atomic mass is 16.5. The summed E-state index contributed by atoms with van der Waals surface area (Å²) < 4.78 is 8.27. The van der Waals surface area contributed by atoms with Crippen molar-refractivity contribution >= 4 is 5.91 Å². The molecule has 0 unspecified atom stereocenters. The van der Waals surface area contributed by atoms with E-state index in [1.54, 1.807) is 43.3 Å². The number of pyridine rings is 1. The number of carbonyl (C=O) groups excluding carboxylic acids is 1. The second-order valence-corrected chi connectivity index (χ2v) is 7.01. The highest BCUT2D eigenvalue weighted by molar-refractivity contribution is 5.99. The summed E-state index contributed by atoms with van der Waals surface area (Å²) in [5.41, 5.74) is 2.63. The van der Waals surface area contributed by atoms with E-state index in [4.69, 9.17) is 4.74 Å². The van der Waals surface area contributed by atoms with Gasteiger partial charge in [-0.15, -0.1) is 0 Å². The van der Waals surface area contributed by atoms with Crippen molar-refractivity contribution in [3.63, 3.8) is 0 Å². The number of methoxy groups -OCH3 is 1. The molecule has 2 aliphatic heterocycles. The number of nitrogens with one attached hydrogen (secondary N) is 1. The molecule has 7 nitrogen and oxygen atoms in total. The maximum Gasteiger partial charge on any atom is 0.282 e. The van der Waals surface area contributed by atoms with Crippen molar-refractivity contribution in [1.29, 1.82) is 0 Å². The van der Waals surface area contributed by atoms with Gasteiger partial charge in [0, 0.05) is 26.0 Å². The molecule has 152 valence electrons. The lowest BCUT2D eigenvalue weighted by Crippen LogP contribution is -2.27. The molecular formula is C23H22N4O3. The Morgan fingerprint density at radius 3 is 2.67 bits per heavy atom. The zero-order chi connectivity index (χ0) is 21.1. The number of amides is 1. The minimum Gasteiger partial charge on any atom is -0.497 e. The number of rotatable bonds is 6. The number of hydrogen-bond acceptors (Lipinski definition) is 4. The van der Waals surface area contributed by atoms with E-state index < -0.39 is 0 Å². The Morgan fingerprint density at radius 2 is 1.90 bits per heavy atom. The normalized spacial score (nSPS) is 10.9. The number of carbonyl (C=O) groups is 1. The Balaban J connectivity index is 1.58. The van der Waals surface area contributed by atoms with E-state index in [1.165, 1.54) is 4.68 Å². The summed E-state index contributed by atoms with van der Waals surface area (Å²) in [7, 11) is 3.41. The predicted molar refractivity (Wildman–Crippen MR) is 114 cm³/mol. The fraction of sp³-hybridized carbons (Fsp3) is 0.174. The maximum absolute atomic E-state index is 12.9. The topological polar surface area (TPSA) is 78.1 Å². The smallest absolute Gasteiger partial charge is 0.282 e. The lowest BCUT2D eigenvalue weighted by atomic mass is 10.1. The van der Waals surface area contributed by atoms with Crippen LogP contribution in [0.25, 0.3) is 16.9 Å². The number of aryl methyl sites for hydroxylation is 1. The molecule has 0 spiro atoms. The molecule has 0 aromatic heterocycles. The third-order valence-corrected chi connectivity index (χ3v) is 4.88. The first-order valence-electron chi connectivity index (χ1n) is 9.62. The lowest BCUT2D eigenvalue weighted by Gasteiger charge is -2.10. The number of nitrogens with zero attached hydrogens (tertiary/aromatic N) is 3. The molecule has 0 bridgehead atoms. The summed E-state index contributed by atoms with van der Waals surface area (Å²) in [5, 5.41) is 7.38. The molecule has 4 rings (SSSR count). The summed E-state index contributed by atoms with van der Waals surface area (Å²) in [6.07, 6.45) is 4.04. The van der Waals surface area contributed by atoms with Gasteiger partial charge in [0.15, 0.2) is 0 Å². The van der Waals surface area contributed by atoms with Gasteiger partial charge in [-0.1, -0.05) is 30.3 Å². The van der Waals surface area contributed by atoms with Gasteiger partial charge in [0.2, 0.25) is 0 Å². The van der Waals surface area contributed by atoms with Crippen molar-refractivity contribution in [3.05, 3.63) is 88.5 Å². The van der Waals surface area contributed by atoms with Gasteiger partial charge in [-0.2, -0.15) is 9.78 Å². The molecule has 2 aliphatic rings. The van der Waals surface area contributed by atoms with Crippen LogP contribution in [0.2, 0.25) is 0 Å². The summed E-state index contributed by atoms with van der Waals surface area (Å²) in [6, 6.07) is 16.9. The SMILES string of the molecule is COc1cccc(CCNC(=O)c2cn(C)cc3c(=O)n(-c4ccccc4)nc2-3)c1. The second kappa shape index (κ2) is 8.24. The number of fused-ring (bicyclic) bond motifs is 1. The number of para-hydroxylation sites is 1. The average molecular weight is 402 g/mol. The monoisotopic (exact) mass is 402 g/mol. The Hall–Kier alpha value is -3.87. The molecule has 30 heavy (non-hydrogen) atoms. The third kappa shape index (κ3) is 3.82. The molecule has 0 fully saturated rings. The van der Waals surface area contributed by atoms with Gasteiger partial charge in [0.05, 0.1) is 23.9 Å². The van der Waals surface area contributed by atoms with Gasteiger partial charge >= 0.3 is 0 Å². The van der Waals surface area contributed by atoms with Crippen molar-refractivity contribution in [2.24, 2.45) is 7.05 Å². The largest absolute Gasteiger partial charge is 0.497 e. The average Bonchev–Trinajstić information content (AvgIpc) is 3.10. The maximum atomic E-state index is 12.9. The van der Waals surface area contributed by atoms with Crippen molar-refractivity contribution in [3.8, 4) is 22.7 Å². The van der Waals surface area contributed by atoms with Crippen LogP contribution >= 0.6 is 0 Å². The van der Waals surface area contributed by atoms with Crippen LogP contribution in [-0.2, 0) is 13.5 Å². The first kappa shape index (κ1) is 19.4. The van der Waals surface area contributed by atoms with E-state index in [-0.39, 0.29) is 11.5 Å². The van der Waals surface area contributed by atoms with E-state index in [9.17, 15) is 9.59 Å². The van der Waals surface area contributed by atoms with E-state index in [2.05, 4.69) is 10.4 Å². The molecule has 2 heterocycles. The van der Waals surface area contributed by atoms with Crippen molar-refractivity contribution in [2.45, 2.75) is 6.42 Å². The van der Waals surface area contributed by atoms with Crippen molar-refractivity contribution in [1.82, 2.24) is 19.7 Å². The van der Waals surface area contributed by atoms with Gasteiger partial charge in [-0.05, 0) is 36.2 Å². The van der Waals surface area contributed by atoms with Crippen LogP contribution in [0.1, 0.15) is 15.9 Å². The molecule has 0 saturated heterocycles. The first-order valence-corrected chi connectivity index (χ1v) is 9.62. The number of benzene rings is 2. The highest BCUT2D eigenvalue weighted by Gasteiger charge is 2.23. The summed E-state index contributed by atoms with van der Waals surface area (Å²) >= 11 is 0. The van der Waals surface area contributed by atoms with Crippen molar-refractivity contribution in [2.75, 3.05) is 13.7 Å². The third-order valence-electron chi connectivity index (χ3n) is 4.88. The highest BCUT2D eigenvalue weighted by Crippen LogP contribution is 2.22. The van der Waals surface area contributed by atoms with Crippen molar-refractivity contribution < 1.29 is 9.53 Å². The summed E-state index contributed by atoms with van der Waals surface area (Å²) in [6.45, 7) is 0.454. The zero-order valence-electron chi connectivity index (χ0n) is 16.8. The van der Waals surface area contributed by atoms with Gasteiger partial charge in [-0.25, -0.2) is 0 Å². The number of aromatic nitrogens is 3. The van der Waals surface area contributed by atoms with E-state index in [1.807, 2.05) is 42.5 Å². The zero-order valence-corrected chi connectivity index (χ0v) is 16.8. The van der Waals surface area contributed by atoms with Crippen LogP contribution in [0.4, 0.5) is 0 Å². The fourth-order valence-corrected chi connectivity index (χ4v) is 3.39. The molecular weight excluding hydrogens is 380 g/mol. The molecule has 0 saturated carbocycles. The predicted octanol–water partition coefficient (Wildman–Crippen LogP) is 2.66. The van der Waals surface area contributed by atoms with Crippen LogP contribution in [0.5, 0.6) is 5.75 Å². The molecule has 0 atom stereocenters. The quantitative estimate of drug-likeness (QED) is 0.538. The Bertz CT molecular complexity index is 1210. The molecule has 2 aromatic rings. The summed E-state index contributed by atoms with van der Waals surface area (Å²) in [5.74, 6) is 0.516. The first-order chi connectivity index (χ1) is 14.6. The van der Waals surface area contributed by atoms with Crippen LogP contribution < -0.4 is 15.6 Å². The number of ether oxygens (including phenoxy) is 1. The fourth-order valence-electron chi connectivity index (χ4n) is 3.39. The number of hydrogen-bond donors (Lipinski definition) is 1. The molecule has 1 amide bonds. The second-order valence-electron chi connectivity index (χ2n) is 7.01. The lowest BCUT2D eigenvalue weighted by molar-refractivity contribution is 0.0953. The Morgan fingerprint density at radius 1 is 1.10 bits per heavy atom. The summed E-state index contributed by atoms with van der Waals surface area (Å²) in [4.78, 5) is 25.7. The standard InChI is InChI=1S/C23H22N4O3/c1-26-14-19(22(28)24-12-11-16-7-6-10-18(13-16)30-2)21-20(15-26)23(29)27(25-21)17-8-4-3-5-9-17/h3-10,13-15H,11-12H2,1-2H3,(H,24,28). The van der Waals surface area contributed by atoms with Gasteiger partial charge < -0.3 is 14.6 Å². The van der Waals surface area contributed by atoms with Crippen LogP contribution in [0.15, 0.2) is 71.8 Å². The molecule has 7 heteroatoms. The minimum absolute atomic E-state index is 0.252. The van der Waals surface area contributed by atoms with Crippen LogP contribution in [-0.4, -0.2) is 33.9 Å². The van der Waals surface area contributed by atoms with E-state index in [0.717, 1.165) is 11.3 Å². The Labute approximate surface area is 173 Å². The molecule has 0 radical (unpaired) electrons. The Kier molecular flexibility index (Phi) is 5.34.